The van der Waals surface area contributed by atoms with E-state index in [2.05, 4.69) is 49.6 Å². The van der Waals surface area contributed by atoms with Gasteiger partial charge in [0.2, 0.25) is 5.95 Å². The van der Waals surface area contributed by atoms with Crippen molar-refractivity contribution in [3.8, 4) is 0 Å². The van der Waals surface area contributed by atoms with Gasteiger partial charge in [0.05, 0.1) is 0 Å². The molecule has 6 heteroatoms. The molecule has 0 unspecified atom stereocenters. The predicted octanol–water partition coefficient (Wildman–Crippen LogP) is 3.08. The first kappa shape index (κ1) is 13.8. The highest BCUT2D eigenvalue weighted by atomic mass is 16.5. The molecule has 0 saturated carbocycles. The molecule has 1 aliphatic rings. The van der Waals surface area contributed by atoms with Gasteiger partial charge < -0.3 is 14.7 Å². The number of aryl methyl sites for hydroxylation is 1. The number of aromatic nitrogens is 3. The van der Waals surface area contributed by atoms with Crippen LogP contribution in [0.5, 0.6) is 0 Å². The van der Waals surface area contributed by atoms with Gasteiger partial charge >= 0.3 is 0 Å². The first-order chi connectivity index (χ1) is 11.3. The first-order valence-corrected chi connectivity index (χ1v) is 7.63. The Morgan fingerprint density at radius 3 is 2.87 bits per heavy atom. The Bertz CT molecular complexity index is 829. The molecule has 1 aliphatic heterocycles. The van der Waals surface area contributed by atoms with Crippen LogP contribution >= 0.6 is 0 Å². The van der Waals surface area contributed by atoms with Crippen molar-refractivity contribution in [2.45, 2.75) is 19.9 Å². The predicted molar refractivity (Wildman–Crippen MR) is 87.8 cm³/mol. The zero-order valence-corrected chi connectivity index (χ0v) is 12.9. The SMILES string of the molecule is Cc1cc(Nc2nccc(N3CCc4ccccc4C3)n2)no1. The first-order valence-electron chi connectivity index (χ1n) is 7.63. The van der Waals surface area contributed by atoms with Crippen LogP contribution in [0.25, 0.3) is 0 Å². The van der Waals surface area contributed by atoms with Crippen LogP contribution < -0.4 is 10.2 Å². The van der Waals surface area contributed by atoms with Crippen molar-refractivity contribution in [3.05, 3.63) is 59.5 Å². The van der Waals surface area contributed by atoms with Crippen LogP contribution in [0.1, 0.15) is 16.9 Å². The second-order valence-electron chi connectivity index (χ2n) is 5.63. The Kier molecular flexibility index (Phi) is 3.42. The van der Waals surface area contributed by atoms with Crippen LogP contribution in [-0.2, 0) is 13.0 Å². The van der Waals surface area contributed by atoms with Gasteiger partial charge in [0.1, 0.15) is 11.6 Å². The summed E-state index contributed by atoms with van der Waals surface area (Å²) >= 11 is 0. The van der Waals surface area contributed by atoms with Crippen LogP contribution in [0.4, 0.5) is 17.6 Å². The molecule has 0 fully saturated rings. The zero-order chi connectivity index (χ0) is 15.6. The van der Waals surface area contributed by atoms with Gasteiger partial charge in [-0.15, -0.1) is 0 Å². The molecule has 2 aromatic heterocycles. The molecule has 1 aromatic carbocycles. The van der Waals surface area contributed by atoms with Gasteiger partial charge in [0, 0.05) is 25.4 Å². The standard InChI is InChI=1S/C17H17N5O/c1-12-10-15(21-23-12)19-17-18-8-6-16(20-17)22-9-7-13-4-2-3-5-14(13)11-22/h2-6,8,10H,7,9,11H2,1H3,(H,18,19,20,21). The number of hydrogen-bond donors (Lipinski definition) is 1. The molecule has 3 aromatic rings. The average Bonchev–Trinajstić information content (AvgIpc) is 2.99. The summed E-state index contributed by atoms with van der Waals surface area (Å²) < 4.78 is 5.04. The fourth-order valence-electron chi connectivity index (χ4n) is 2.82. The second kappa shape index (κ2) is 5.72. The third-order valence-corrected chi connectivity index (χ3v) is 3.96. The molecule has 0 spiro atoms. The van der Waals surface area contributed by atoms with E-state index in [1.54, 1.807) is 6.20 Å². The van der Waals surface area contributed by atoms with E-state index in [1.165, 1.54) is 11.1 Å². The van der Waals surface area contributed by atoms with Gasteiger partial charge in [-0.1, -0.05) is 29.4 Å². The van der Waals surface area contributed by atoms with E-state index in [1.807, 2.05) is 19.1 Å². The molecule has 116 valence electrons. The van der Waals surface area contributed by atoms with Crippen molar-refractivity contribution < 1.29 is 4.52 Å². The minimum atomic E-state index is 0.523. The van der Waals surface area contributed by atoms with E-state index < -0.39 is 0 Å². The van der Waals surface area contributed by atoms with Gasteiger partial charge in [-0.05, 0) is 30.5 Å². The number of nitrogens with one attached hydrogen (secondary N) is 1. The van der Waals surface area contributed by atoms with E-state index >= 15 is 0 Å². The lowest BCUT2D eigenvalue weighted by Crippen LogP contribution is -2.31. The Balaban J connectivity index is 1.55. The maximum Gasteiger partial charge on any atom is 0.230 e. The molecule has 0 saturated heterocycles. The molecule has 0 atom stereocenters. The van der Waals surface area contributed by atoms with Gasteiger partial charge in [0.15, 0.2) is 5.82 Å². The molecular weight excluding hydrogens is 290 g/mol. The van der Waals surface area contributed by atoms with Crippen LogP contribution in [-0.4, -0.2) is 21.7 Å². The molecule has 3 heterocycles. The number of fused-ring (bicyclic) bond motifs is 1. The fourth-order valence-corrected chi connectivity index (χ4v) is 2.82. The number of benzene rings is 1. The molecule has 0 bridgehead atoms. The van der Waals surface area contributed by atoms with Gasteiger partial charge in [0.25, 0.3) is 0 Å². The smallest absolute Gasteiger partial charge is 0.230 e. The Morgan fingerprint density at radius 2 is 2.04 bits per heavy atom. The zero-order valence-electron chi connectivity index (χ0n) is 12.9. The van der Waals surface area contributed by atoms with E-state index in [0.717, 1.165) is 31.1 Å². The summed E-state index contributed by atoms with van der Waals surface area (Å²) in [6.07, 6.45) is 2.80. The van der Waals surface area contributed by atoms with Crippen LogP contribution in [0.2, 0.25) is 0 Å². The molecule has 6 nitrogen and oxygen atoms in total. The molecule has 1 N–H and O–H groups in total. The molecule has 4 rings (SSSR count). The van der Waals surface area contributed by atoms with E-state index in [0.29, 0.717) is 11.8 Å². The highest BCUT2D eigenvalue weighted by Gasteiger charge is 2.17. The van der Waals surface area contributed by atoms with Crippen molar-refractivity contribution in [1.29, 1.82) is 0 Å². The lowest BCUT2D eigenvalue weighted by Gasteiger charge is -2.29. The fraction of sp³-hybridized carbons (Fsp3) is 0.235. The largest absolute Gasteiger partial charge is 0.360 e. The third kappa shape index (κ3) is 2.88. The second-order valence-corrected chi connectivity index (χ2v) is 5.63. The number of rotatable bonds is 3. The van der Waals surface area contributed by atoms with Crippen molar-refractivity contribution in [1.82, 2.24) is 15.1 Å². The Hall–Kier alpha value is -2.89. The molecule has 23 heavy (non-hydrogen) atoms. The van der Waals surface area contributed by atoms with E-state index in [9.17, 15) is 0 Å². The number of anilines is 3. The van der Waals surface area contributed by atoms with Crippen LogP contribution in [0.3, 0.4) is 0 Å². The molecule has 0 radical (unpaired) electrons. The summed E-state index contributed by atoms with van der Waals surface area (Å²) in [5.74, 6) is 2.80. The lowest BCUT2D eigenvalue weighted by atomic mass is 10.00. The summed E-state index contributed by atoms with van der Waals surface area (Å²) in [6, 6.07) is 12.3. The quantitative estimate of drug-likeness (QED) is 0.802. The van der Waals surface area contributed by atoms with Crippen LogP contribution in [0.15, 0.2) is 47.1 Å². The minimum Gasteiger partial charge on any atom is -0.360 e. The summed E-state index contributed by atoms with van der Waals surface area (Å²) in [4.78, 5) is 11.1. The van der Waals surface area contributed by atoms with E-state index in [-0.39, 0.29) is 0 Å². The monoisotopic (exact) mass is 307 g/mol. The highest BCUT2D eigenvalue weighted by molar-refractivity contribution is 5.51. The molecule has 0 aliphatic carbocycles. The highest BCUT2D eigenvalue weighted by Crippen LogP contribution is 2.23. The molecule has 0 amide bonds. The maximum atomic E-state index is 5.04. The summed E-state index contributed by atoms with van der Waals surface area (Å²) in [7, 11) is 0. The van der Waals surface area contributed by atoms with Crippen molar-refractivity contribution in [3.63, 3.8) is 0 Å². The van der Waals surface area contributed by atoms with Gasteiger partial charge in [-0.25, -0.2) is 4.98 Å². The third-order valence-electron chi connectivity index (χ3n) is 3.96. The Morgan fingerprint density at radius 1 is 1.17 bits per heavy atom. The summed E-state index contributed by atoms with van der Waals surface area (Å²) in [5.41, 5.74) is 2.79. The van der Waals surface area contributed by atoms with Crippen molar-refractivity contribution in [2.75, 3.05) is 16.8 Å². The van der Waals surface area contributed by atoms with Gasteiger partial charge in [-0.2, -0.15) is 4.98 Å². The maximum absolute atomic E-state index is 5.04. The number of nitrogens with zero attached hydrogens (tertiary/aromatic N) is 4. The number of hydrogen-bond acceptors (Lipinski definition) is 6. The van der Waals surface area contributed by atoms with E-state index in [4.69, 9.17) is 4.52 Å². The van der Waals surface area contributed by atoms with Crippen LogP contribution in [0, 0.1) is 6.92 Å². The molecular formula is C17H17N5O. The summed E-state index contributed by atoms with van der Waals surface area (Å²) in [5, 5.41) is 6.97. The Labute approximate surface area is 134 Å². The minimum absolute atomic E-state index is 0.523. The normalized spacial score (nSPS) is 13.7. The van der Waals surface area contributed by atoms with Gasteiger partial charge in [-0.3, -0.25) is 0 Å². The average molecular weight is 307 g/mol. The van der Waals surface area contributed by atoms with Crippen molar-refractivity contribution >= 4 is 17.6 Å². The summed E-state index contributed by atoms with van der Waals surface area (Å²) in [6.45, 7) is 3.67. The van der Waals surface area contributed by atoms with Crippen molar-refractivity contribution in [2.24, 2.45) is 0 Å². The lowest BCUT2D eigenvalue weighted by molar-refractivity contribution is 0.400. The topological polar surface area (TPSA) is 67.1 Å².